The van der Waals surface area contributed by atoms with E-state index in [1.165, 1.54) is 44.2 Å². The zero-order valence-corrected chi connectivity index (χ0v) is 12.4. The van der Waals surface area contributed by atoms with E-state index in [0.29, 0.717) is 13.2 Å². The van der Waals surface area contributed by atoms with Gasteiger partial charge in [-0.15, -0.1) is 0 Å². The first-order chi connectivity index (χ1) is 10.2. The van der Waals surface area contributed by atoms with Crippen molar-refractivity contribution in [1.29, 1.82) is 0 Å². The zero-order chi connectivity index (χ0) is 14.4. The Morgan fingerprint density at radius 3 is 2.24 bits per heavy atom. The van der Waals surface area contributed by atoms with E-state index in [2.05, 4.69) is 62.4 Å². The number of hydrogen-bond donors (Lipinski definition) is 0. The third-order valence-electron chi connectivity index (χ3n) is 4.28. The van der Waals surface area contributed by atoms with Crippen molar-refractivity contribution >= 4 is 10.8 Å². The molecule has 0 spiro atoms. The minimum Gasteiger partial charge on any atom is -0.372 e. The molecular weight excluding hydrogens is 256 g/mol. The lowest BCUT2D eigenvalue weighted by molar-refractivity contribution is 0.110. The summed E-state index contributed by atoms with van der Waals surface area (Å²) < 4.78 is 5.88. The molecule has 0 bridgehead atoms. The summed E-state index contributed by atoms with van der Waals surface area (Å²) in [5.74, 6) is 0. The van der Waals surface area contributed by atoms with Crippen LogP contribution in [0.5, 0.6) is 0 Å². The third kappa shape index (κ3) is 2.14. The molecule has 1 aliphatic heterocycles. The molecule has 0 aromatic heterocycles. The monoisotopic (exact) mass is 274 g/mol. The predicted octanol–water partition coefficient (Wildman–Crippen LogP) is 5.15. The van der Waals surface area contributed by atoms with Gasteiger partial charge in [-0.2, -0.15) is 0 Å². The number of hydrogen-bond acceptors (Lipinski definition) is 1. The lowest BCUT2D eigenvalue weighted by Gasteiger charge is -2.11. The predicted molar refractivity (Wildman–Crippen MR) is 87.4 cm³/mol. The van der Waals surface area contributed by atoms with Gasteiger partial charge in [-0.3, -0.25) is 0 Å². The van der Waals surface area contributed by atoms with E-state index in [-0.39, 0.29) is 0 Å². The molecular formula is C20H18O. The van der Waals surface area contributed by atoms with Crippen molar-refractivity contribution in [2.45, 2.75) is 27.1 Å². The van der Waals surface area contributed by atoms with Gasteiger partial charge in [0.1, 0.15) is 0 Å². The summed E-state index contributed by atoms with van der Waals surface area (Å²) >= 11 is 0. The summed E-state index contributed by atoms with van der Waals surface area (Å²) in [5.41, 5.74) is 7.80. The minimum absolute atomic E-state index is 0.687. The number of aryl methyl sites for hydroxylation is 2. The average molecular weight is 274 g/mol. The van der Waals surface area contributed by atoms with Crippen LogP contribution in [0.1, 0.15) is 22.3 Å². The Morgan fingerprint density at radius 1 is 0.667 bits per heavy atom. The molecule has 0 unspecified atom stereocenters. The molecule has 0 aliphatic carbocycles. The maximum atomic E-state index is 5.88. The average Bonchev–Trinajstić information content (AvgIpc) is 2.63. The van der Waals surface area contributed by atoms with Crippen molar-refractivity contribution in [1.82, 2.24) is 0 Å². The Hall–Kier alpha value is -2.12. The highest BCUT2D eigenvalue weighted by Crippen LogP contribution is 2.35. The molecule has 3 aromatic rings. The van der Waals surface area contributed by atoms with Gasteiger partial charge in [0.25, 0.3) is 0 Å². The third-order valence-corrected chi connectivity index (χ3v) is 4.28. The fourth-order valence-electron chi connectivity index (χ4n) is 3.21. The summed E-state index contributed by atoms with van der Waals surface area (Å²) in [5, 5.41) is 2.60. The first-order valence-corrected chi connectivity index (χ1v) is 7.42. The maximum Gasteiger partial charge on any atom is 0.0727 e. The van der Waals surface area contributed by atoms with Crippen LogP contribution >= 0.6 is 0 Å². The largest absolute Gasteiger partial charge is 0.372 e. The van der Waals surface area contributed by atoms with Crippen LogP contribution in [0.2, 0.25) is 0 Å². The number of ether oxygens (including phenoxy) is 1. The van der Waals surface area contributed by atoms with Gasteiger partial charge < -0.3 is 4.74 Å². The van der Waals surface area contributed by atoms with Crippen LogP contribution in [0.3, 0.4) is 0 Å². The molecule has 21 heavy (non-hydrogen) atoms. The zero-order valence-electron chi connectivity index (χ0n) is 12.4. The van der Waals surface area contributed by atoms with Crippen molar-refractivity contribution < 1.29 is 4.74 Å². The van der Waals surface area contributed by atoms with Gasteiger partial charge in [0.2, 0.25) is 0 Å². The fraction of sp³-hybridized carbons (Fsp3) is 0.200. The maximum absolute atomic E-state index is 5.88. The van der Waals surface area contributed by atoms with Crippen LogP contribution in [0.4, 0.5) is 0 Å². The number of fused-ring (bicyclic) bond motifs is 4. The second-order valence-electron chi connectivity index (χ2n) is 6.01. The minimum atomic E-state index is 0.687. The highest BCUT2D eigenvalue weighted by Gasteiger charge is 2.15. The van der Waals surface area contributed by atoms with E-state index in [1.807, 2.05) is 0 Å². The van der Waals surface area contributed by atoms with Crippen molar-refractivity contribution in [2.75, 3.05) is 0 Å². The smallest absolute Gasteiger partial charge is 0.0727 e. The highest BCUT2D eigenvalue weighted by atomic mass is 16.5. The molecule has 0 radical (unpaired) electrons. The first-order valence-electron chi connectivity index (χ1n) is 7.42. The summed E-state index contributed by atoms with van der Waals surface area (Å²) in [6, 6.07) is 17.9. The second-order valence-corrected chi connectivity index (χ2v) is 6.01. The molecule has 4 rings (SSSR count). The fourth-order valence-corrected chi connectivity index (χ4v) is 3.21. The summed E-state index contributed by atoms with van der Waals surface area (Å²) in [7, 11) is 0. The molecule has 0 saturated carbocycles. The van der Waals surface area contributed by atoms with Gasteiger partial charge in [0.15, 0.2) is 0 Å². The van der Waals surface area contributed by atoms with E-state index in [0.717, 1.165) is 0 Å². The van der Waals surface area contributed by atoms with Crippen LogP contribution in [-0.2, 0) is 18.0 Å². The summed E-state index contributed by atoms with van der Waals surface area (Å²) in [4.78, 5) is 0. The molecule has 0 fully saturated rings. The molecule has 0 saturated heterocycles. The lowest BCUT2D eigenvalue weighted by atomic mass is 9.92. The van der Waals surface area contributed by atoms with Gasteiger partial charge >= 0.3 is 0 Å². The molecule has 0 atom stereocenters. The Kier molecular flexibility index (Phi) is 2.83. The van der Waals surface area contributed by atoms with Crippen molar-refractivity contribution in [3.8, 4) is 11.1 Å². The normalized spacial score (nSPS) is 13.6. The molecule has 1 nitrogen and oxygen atoms in total. The summed E-state index contributed by atoms with van der Waals surface area (Å²) in [6.45, 7) is 5.66. The van der Waals surface area contributed by atoms with E-state index in [4.69, 9.17) is 4.74 Å². The first kappa shape index (κ1) is 12.6. The standard InChI is InChI=1S/C20H18O/c1-13-3-5-15-10-20-18(9-16(15)7-13)12-21-11-17-8-14(2)4-6-19(17)20/h3-10H,11-12H2,1-2H3. The van der Waals surface area contributed by atoms with Crippen molar-refractivity contribution in [3.63, 3.8) is 0 Å². The molecule has 1 heterocycles. The topological polar surface area (TPSA) is 9.23 Å². The van der Waals surface area contributed by atoms with Crippen LogP contribution in [0.15, 0.2) is 48.5 Å². The van der Waals surface area contributed by atoms with Crippen LogP contribution in [0.25, 0.3) is 21.9 Å². The Morgan fingerprint density at radius 2 is 1.38 bits per heavy atom. The van der Waals surface area contributed by atoms with Crippen LogP contribution in [0, 0.1) is 13.8 Å². The van der Waals surface area contributed by atoms with Gasteiger partial charge in [0, 0.05) is 0 Å². The SMILES string of the molecule is Cc1ccc2c(c1)COCc1cc3cc(C)ccc3cc1-2. The van der Waals surface area contributed by atoms with E-state index >= 15 is 0 Å². The summed E-state index contributed by atoms with van der Waals surface area (Å²) in [6.07, 6.45) is 0. The van der Waals surface area contributed by atoms with E-state index < -0.39 is 0 Å². The van der Waals surface area contributed by atoms with Gasteiger partial charge in [0.05, 0.1) is 13.2 Å². The highest BCUT2D eigenvalue weighted by molar-refractivity contribution is 5.90. The number of benzene rings is 3. The van der Waals surface area contributed by atoms with Crippen molar-refractivity contribution in [3.05, 3.63) is 70.8 Å². The molecule has 3 aromatic carbocycles. The molecule has 0 N–H and O–H groups in total. The van der Waals surface area contributed by atoms with Gasteiger partial charge in [-0.05, 0) is 59.0 Å². The van der Waals surface area contributed by atoms with Crippen molar-refractivity contribution in [2.24, 2.45) is 0 Å². The second kappa shape index (κ2) is 4.71. The van der Waals surface area contributed by atoms with Crippen LogP contribution in [-0.4, -0.2) is 0 Å². The molecule has 0 amide bonds. The van der Waals surface area contributed by atoms with Gasteiger partial charge in [-0.1, -0.05) is 47.5 Å². The van der Waals surface area contributed by atoms with E-state index in [9.17, 15) is 0 Å². The quantitative estimate of drug-likeness (QED) is 0.550. The molecule has 104 valence electrons. The Balaban J connectivity index is 2.01. The van der Waals surface area contributed by atoms with E-state index in [1.54, 1.807) is 0 Å². The Bertz CT molecular complexity index is 846. The molecule has 1 aliphatic rings. The molecule has 1 heteroatoms. The van der Waals surface area contributed by atoms with Crippen LogP contribution < -0.4 is 0 Å². The number of rotatable bonds is 0. The lowest BCUT2D eigenvalue weighted by Crippen LogP contribution is -1.90. The van der Waals surface area contributed by atoms with Gasteiger partial charge in [-0.25, -0.2) is 0 Å². The Labute approximate surface area is 125 Å².